The highest BCUT2D eigenvalue weighted by Crippen LogP contribution is 2.59. The summed E-state index contributed by atoms with van der Waals surface area (Å²) in [4.78, 5) is 0. The van der Waals surface area contributed by atoms with Crippen molar-refractivity contribution in [2.45, 2.75) is 71.3 Å². The summed E-state index contributed by atoms with van der Waals surface area (Å²) in [5.74, 6) is -0.117. The summed E-state index contributed by atoms with van der Waals surface area (Å²) < 4.78 is 13.7. The van der Waals surface area contributed by atoms with E-state index in [1.54, 1.807) is 12.1 Å². The zero-order valence-electron chi connectivity index (χ0n) is 14.2. The van der Waals surface area contributed by atoms with Crippen LogP contribution in [0.2, 0.25) is 0 Å². The first-order valence-corrected chi connectivity index (χ1v) is 8.25. The van der Waals surface area contributed by atoms with Gasteiger partial charge in [-0.15, -0.1) is 0 Å². The SMILES string of the molecule is CCC1(CC)CC(CNC(C)(C)C)(c2cccc(F)c2)C1. The molecule has 1 aromatic carbocycles. The highest BCUT2D eigenvalue weighted by atomic mass is 19.1. The standard InChI is InChI=1S/C19H30FN/c1-6-18(7-2)12-19(13-18,14-21-17(3,4)5)15-9-8-10-16(20)11-15/h8-11,21H,6-7,12-14H2,1-5H3. The van der Waals surface area contributed by atoms with Crippen molar-refractivity contribution < 1.29 is 4.39 Å². The fourth-order valence-electron chi connectivity index (χ4n) is 3.82. The van der Waals surface area contributed by atoms with E-state index in [1.165, 1.54) is 25.7 Å². The lowest BCUT2D eigenvalue weighted by molar-refractivity contribution is 0.00926. The van der Waals surface area contributed by atoms with Gasteiger partial charge < -0.3 is 5.32 Å². The second-order valence-corrected chi connectivity index (χ2v) is 7.95. The number of rotatable bonds is 5. The third kappa shape index (κ3) is 3.48. The third-order valence-corrected chi connectivity index (χ3v) is 5.32. The third-order valence-electron chi connectivity index (χ3n) is 5.32. The minimum absolute atomic E-state index is 0.0943. The molecule has 0 aliphatic heterocycles. The molecule has 0 bridgehead atoms. The van der Waals surface area contributed by atoms with E-state index in [0.717, 1.165) is 12.1 Å². The van der Waals surface area contributed by atoms with Gasteiger partial charge in [0, 0.05) is 17.5 Å². The Morgan fingerprint density at radius 2 is 1.76 bits per heavy atom. The van der Waals surface area contributed by atoms with Crippen LogP contribution in [0.15, 0.2) is 24.3 Å². The molecule has 1 N–H and O–H groups in total. The molecule has 1 fully saturated rings. The maximum Gasteiger partial charge on any atom is 0.123 e. The van der Waals surface area contributed by atoms with Crippen molar-refractivity contribution in [3.8, 4) is 0 Å². The van der Waals surface area contributed by atoms with Crippen LogP contribution in [0.1, 0.15) is 65.9 Å². The van der Waals surface area contributed by atoms with E-state index >= 15 is 0 Å². The van der Waals surface area contributed by atoms with Gasteiger partial charge in [-0.25, -0.2) is 4.39 Å². The molecule has 0 amide bonds. The molecule has 0 spiro atoms. The Morgan fingerprint density at radius 3 is 2.24 bits per heavy atom. The Bertz CT molecular complexity index is 475. The van der Waals surface area contributed by atoms with E-state index in [4.69, 9.17) is 0 Å². The average molecular weight is 291 g/mol. The zero-order valence-corrected chi connectivity index (χ0v) is 14.2. The lowest BCUT2D eigenvalue weighted by Gasteiger charge is -2.57. The molecule has 0 atom stereocenters. The summed E-state index contributed by atoms with van der Waals surface area (Å²) in [6.45, 7) is 12.1. The van der Waals surface area contributed by atoms with Gasteiger partial charge in [-0.2, -0.15) is 0 Å². The molecule has 1 aliphatic rings. The molecule has 21 heavy (non-hydrogen) atoms. The van der Waals surface area contributed by atoms with Gasteiger partial charge in [0.05, 0.1) is 0 Å². The summed E-state index contributed by atoms with van der Waals surface area (Å²) >= 11 is 0. The molecule has 118 valence electrons. The van der Waals surface area contributed by atoms with Gasteiger partial charge in [-0.3, -0.25) is 0 Å². The number of hydrogen-bond donors (Lipinski definition) is 1. The van der Waals surface area contributed by atoms with Gasteiger partial charge in [0.25, 0.3) is 0 Å². The van der Waals surface area contributed by atoms with Crippen molar-refractivity contribution >= 4 is 0 Å². The lowest BCUT2D eigenvalue weighted by Crippen LogP contribution is -2.56. The van der Waals surface area contributed by atoms with Crippen LogP contribution < -0.4 is 5.32 Å². The van der Waals surface area contributed by atoms with E-state index < -0.39 is 0 Å². The van der Waals surface area contributed by atoms with Crippen molar-refractivity contribution in [2.24, 2.45) is 5.41 Å². The zero-order chi connectivity index (χ0) is 15.7. The predicted octanol–water partition coefficient (Wildman–Crippen LogP) is 5.05. The normalized spacial score (nSPS) is 20.1. The quantitative estimate of drug-likeness (QED) is 0.800. The minimum atomic E-state index is -0.117. The summed E-state index contributed by atoms with van der Waals surface area (Å²) in [6, 6.07) is 7.23. The maximum atomic E-state index is 13.7. The van der Waals surface area contributed by atoms with E-state index in [0.29, 0.717) is 5.41 Å². The largest absolute Gasteiger partial charge is 0.311 e. The van der Waals surface area contributed by atoms with Crippen LogP contribution >= 0.6 is 0 Å². The number of benzene rings is 1. The Kier molecular flexibility index (Phi) is 4.49. The monoisotopic (exact) mass is 291 g/mol. The smallest absolute Gasteiger partial charge is 0.123 e. The topological polar surface area (TPSA) is 12.0 Å². The summed E-state index contributed by atoms with van der Waals surface area (Å²) in [6.07, 6.45) is 4.77. The van der Waals surface area contributed by atoms with Crippen molar-refractivity contribution in [3.05, 3.63) is 35.6 Å². The van der Waals surface area contributed by atoms with Crippen LogP contribution in [0.4, 0.5) is 4.39 Å². The molecular weight excluding hydrogens is 261 g/mol. The predicted molar refractivity (Wildman–Crippen MR) is 88.1 cm³/mol. The molecule has 0 aromatic heterocycles. The first kappa shape index (κ1) is 16.5. The summed E-state index contributed by atoms with van der Waals surface area (Å²) in [5.41, 5.74) is 1.81. The van der Waals surface area contributed by atoms with Gasteiger partial charge in [0.15, 0.2) is 0 Å². The van der Waals surface area contributed by atoms with Gasteiger partial charge in [0.1, 0.15) is 5.82 Å². The molecular formula is C19H30FN. The first-order valence-electron chi connectivity index (χ1n) is 8.25. The number of nitrogens with one attached hydrogen (secondary N) is 1. The second kappa shape index (κ2) is 5.72. The molecule has 0 radical (unpaired) electrons. The molecule has 0 heterocycles. The molecule has 2 heteroatoms. The van der Waals surface area contributed by atoms with Crippen molar-refractivity contribution in [1.82, 2.24) is 5.32 Å². The maximum absolute atomic E-state index is 13.7. The van der Waals surface area contributed by atoms with Crippen LogP contribution in [-0.2, 0) is 5.41 Å². The van der Waals surface area contributed by atoms with Gasteiger partial charge in [0.2, 0.25) is 0 Å². The molecule has 1 aliphatic carbocycles. The molecule has 0 unspecified atom stereocenters. The summed E-state index contributed by atoms with van der Waals surface area (Å²) in [7, 11) is 0. The Morgan fingerprint density at radius 1 is 1.14 bits per heavy atom. The molecule has 2 rings (SSSR count). The second-order valence-electron chi connectivity index (χ2n) is 7.95. The Hall–Kier alpha value is -0.890. The Labute approximate surface area is 129 Å². The van der Waals surface area contributed by atoms with Gasteiger partial charge >= 0.3 is 0 Å². The van der Waals surface area contributed by atoms with Crippen LogP contribution in [0, 0.1) is 11.2 Å². The number of hydrogen-bond acceptors (Lipinski definition) is 1. The van der Waals surface area contributed by atoms with Crippen molar-refractivity contribution in [3.63, 3.8) is 0 Å². The molecule has 1 nitrogen and oxygen atoms in total. The van der Waals surface area contributed by atoms with Crippen LogP contribution in [-0.4, -0.2) is 12.1 Å². The van der Waals surface area contributed by atoms with E-state index in [9.17, 15) is 4.39 Å². The highest BCUT2D eigenvalue weighted by Gasteiger charge is 2.53. The number of halogens is 1. The Balaban J connectivity index is 2.25. The fraction of sp³-hybridized carbons (Fsp3) is 0.684. The summed E-state index contributed by atoms with van der Waals surface area (Å²) in [5, 5.41) is 3.65. The lowest BCUT2D eigenvalue weighted by atomic mass is 9.48. The van der Waals surface area contributed by atoms with Crippen molar-refractivity contribution in [2.75, 3.05) is 6.54 Å². The minimum Gasteiger partial charge on any atom is -0.311 e. The molecule has 0 saturated heterocycles. The van der Waals surface area contributed by atoms with Gasteiger partial charge in [-0.05, 0) is 56.7 Å². The van der Waals surface area contributed by atoms with Crippen molar-refractivity contribution in [1.29, 1.82) is 0 Å². The highest BCUT2D eigenvalue weighted by molar-refractivity contribution is 5.32. The van der Waals surface area contributed by atoms with Crippen LogP contribution in [0.5, 0.6) is 0 Å². The van der Waals surface area contributed by atoms with E-state index in [-0.39, 0.29) is 16.8 Å². The fourth-order valence-corrected chi connectivity index (χ4v) is 3.82. The van der Waals surface area contributed by atoms with Crippen LogP contribution in [0.3, 0.4) is 0 Å². The van der Waals surface area contributed by atoms with E-state index in [2.05, 4.69) is 46.0 Å². The molecule has 1 saturated carbocycles. The molecule has 1 aromatic rings. The first-order chi connectivity index (χ1) is 9.74. The average Bonchev–Trinajstić information content (AvgIpc) is 2.37. The van der Waals surface area contributed by atoms with E-state index in [1.807, 2.05) is 6.07 Å². The van der Waals surface area contributed by atoms with Crippen LogP contribution in [0.25, 0.3) is 0 Å². The van der Waals surface area contributed by atoms with Gasteiger partial charge in [-0.1, -0.05) is 38.8 Å².